The molecule has 0 saturated carbocycles. The van der Waals surface area contributed by atoms with Crippen LogP contribution in [-0.4, -0.2) is 52.9 Å². The van der Waals surface area contributed by atoms with Gasteiger partial charge >= 0.3 is 0 Å². The quantitative estimate of drug-likeness (QED) is 0.480. The zero-order valence-corrected chi connectivity index (χ0v) is 17.7. The monoisotopic (exact) mass is 416 g/mol. The van der Waals surface area contributed by atoms with Crippen molar-refractivity contribution in [3.05, 3.63) is 90.1 Å². The first-order valence-electron chi connectivity index (χ1n) is 10.2. The number of aromatic nitrogens is 2. The summed E-state index contributed by atoms with van der Waals surface area (Å²) in [6.07, 6.45) is 5.55. The fraction of sp³-hybridized carbons (Fsp3) is 0.200. The van der Waals surface area contributed by atoms with E-state index in [1.54, 1.807) is 11.1 Å². The molecule has 4 rings (SSSR count). The second-order valence-electron chi connectivity index (χ2n) is 7.90. The van der Waals surface area contributed by atoms with Crippen molar-refractivity contribution in [1.82, 2.24) is 19.8 Å². The molecule has 158 valence electrons. The molecule has 0 radical (unpaired) electrons. The predicted octanol–water partition coefficient (Wildman–Crippen LogP) is 4.57. The van der Waals surface area contributed by atoms with Crippen molar-refractivity contribution < 1.29 is 9.18 Å². The number of pyridine rings is 1. The largest absolute Gasteiger partial charge is 0.361 e. The number of fused-ring (bicyclic) bond motifs is 1. The van der Waals surface area contributed by atoms with Gasteiger partial charge in [-0.1, -0.05) is 6.07 Å². The number of carbonyl (C=O) groups is 1. The Labute approximate surface area is 181 Å². The smallest absolute Gasteiger partial charge is 0.254 e. The molecule has 0 aliphatic rings. The van der Waals surface area contributed by atoms with Crippen molar-refractivity contribution in [1.29, 1.82) is 0 Å². The molecule has 2 aromatic carbocycles. The van der Waals surface area contributed by atoms with Crippen molar-refractivity contribution in [2.45, 2.75) is 6.54 Å². The summed E-state index contributed by atoms with van der Waals surface area (Å²) in [6, 6.07) is 16.0. The molecule has 1 amide bonds. The molecule has 0 bridgehead atoms. The van der Waals surface area contributed by atoms with Crippen LogP contribution < -0.4 is 0 Å². The van der Waals surface area contributed by atoms with Gasteiger partial charge in [-0.15, -0.1) is 0 Å². The number of halogens is 1. The summed E-state index contributed by atoms with van der Waals surface area (Å²) < 4.78 is 13.3. The van der Waals surface area contributed by atoms with Crippen molar-refractivity contribution in [3.8, 4) is 11.1 Å². The van der Waals surface area contributed by atoms with Crippen LogP contribution in [0.1, 0.15) is 15.9 Å². The highest BCUT2D eigenvalue weighted by Crippen LogP contribution is 2.24. The molecule has 2 aromatic heterocycles. The molecule has 0 fully saturated rings. The van der Waals surface area contributed by atoms with Crippen LogP contribution in [0, 0.1) is 5.82 Å². The van der Waals surface area contributed by atoms with Crippen molar-refractivity contribution in [2.75, 3.05) is 27.2 Å². The number of hydrogen-bond acceptors (Lipinski definition) is 3. The number of nitrogens with zero attached hydrogens (tertiary/aromatic N) is 3. The van der Waals surface area contributed by atoms with E-state index >= 15 is 0 Å². The Morgan fingerprint density at radius 3 is 2.55 bits per heavy atom. The number of amides is 1. The first-order chi connectivity index (χ1) is 15.0. The van der Waals surface area contributed by atoms with Crippen molar-refractivity contribution in [3.63, 3.8) is 0 Å². The standard InChI is InChI=1S/C25H25FN4O/c1-29(2)11-12-30(25(31)19-3-6-23(26)7-4-19)17-18-13-22(16-27-15-18)20-5-8-24-21(14-20)9-10-28-24/h3-10,13-16,28H,11-12,17H2,1-2H3. The van der Waals surface area contributed by atoms with E-state index in [1.807, 2.05) is 37.5 Å². The minimum Gasteiger partial charge on any atom is -0.361 e. The molecule has 2 heterocycles. The highest BCUT2D eigenvalue weighted by Gasteiger charge is 2.17. The fourth-order valence-electron chi connectivity index (χ4n) is 3.53. The average Bonchev–Trinajstić information content (AvgIpc) is 3.25. The molecule has 0 unspecified atom stereocenters. The third-order valence-electron chi connectivity index (χ3n) is 5.25. The second-order valence-corrected chi connectivity index (χ2v) is 7.90. The summed E-state index contributed by atoms with van der Waals surface area (Å²) in [6.45, 7) is 1.71. The van der Waals surface area contributed by atoms with E-state index in [9.17, 15) is 9.18 Å². The maximum Gasteiger partial charge on any atom is 0.254 e. The summed E-state index contributed by atoms with van der Waals surface area (Å²) in [7, 11) is 3.94. The number of aromatic amines is 1. The van der Waals surface area contributed by atoms with Gasteiger partial charge in [0.15, 0.2) is 0 Å². The maximum absolute atomic E-state index is 13.3. The zero-order chi connectivity index (χ0) is 21.8. The molecule has 6 heteroatoms. The van der Waals surface area contributed by atoms with Gasteiger partial charge in [0.2, 0.25) is 0 Å². The average molecular weight is 417 g/mol. The van der Waals surface area contributed by atoms with Crippen LogP contribution in [0.5, 0.6) is 0 Å². The number of likely N-dealkylation sites (N-methyl/N-ethyl adjacent to an activating group) is 1. The number of benzene rings is 2. The van der Waals surface area contributed by atoms with E-state index in [2.05, 4.69) is 34.2 Å². The van der Waals surface area contributed by atoms with Gasteiger partial charge in [0.05, 0.1) is 0 Å². The Kier molecular flexibility index (Phi) is 6.09. The second kappa shape index (κ2) is 9.10. The lowest BCUT2D eigenvalue weighted by Crippen LogP contribution is -2.36. The Hall–Kier alpha value is -3.51. The van der Waals surface area contributed by atoms with Crippen LogP contribution in [0.2, 0.25) is 0 Å². The molecule has 31 heavy (non-hydrogen) atoms. The van der Waals surface area contributed by atoms with Crippen LogP contribution in [-0.2, 0) is 6.54 Å². The first kappa shape index (κ1) is 20.8. The van der Waals surface area contributed by atoms with Gasteiger partial charge in [0, 0.05) is 54.9 Å². The van der Waals surface area contributed by atoms with Gasteiger partial charge in [-0.2, -0.15) is 0 Å². The van der Waals surface area contributed by atoms with Gasteiger partial charge in [-0.25, -0.2) is 4.39 Å². The summed E-state index contributed by atoms with van der Waals surface area (Å²) >= 11 is 0. The number of nitrogens with one attached hydrogen (secondary N) is 1. The number of hydrogen-bond donors (Lipinski definition) is 1. The van der Waals surface area contributed by atoms with Crippen molar-refractivity contribution >= 4 is 16.8 Å². The first-order valence-corrected chi connectivity index (χ1v) is 10.2. The minimum atomic E-state index is -0.354. The SMILES string of the molecule is CN(C)CCN(Cc1cncc(-c2ccc3[nH]ccc3c2)c1)C(=O)c1ccc(F)cc1. The number of H-pyrrole nitrogens is 1. The molecule has 0 aliphatic heterocycles. The van der Waals surface area contributed by atoms with Gasteiger partial charge < -0.3 is 14.8 Å². The maximum atomic E-state index is 13.3. The van der Waals surface area contributed by atoms with Gasteiger partial charge in [0.25, 0.3) is 5.91 Å². The molecule has 0 aliphatic carbocycles. The highest BCUT2D eigenvalue weighted by molar-refractivity contribution is 5.94. The summed E-state index contributed by atoms with van der Waals surface area (Å²) in [4.78, 5) is 24.5. The number of carbonyl (C=O) groups excluding carboxylic acids is 1. The van der Waals surface area contributed by atoms with E-state index in [4.69, 9.17) is 0 Å². The van der Waals surface area contributed by atoms with E-state index in [1.165, 1.54) is 24.3 Å². The molecule has 1 N–H and O–H groups in total. The topological polar surface area (TPSA) is 52.2 Å². The van der Waals surface area contributed by atoms with E-state index < -0.39 is 0 Å². The molecular weight excluding hydrogens is 391 g/mol. The Bertz CT molecular complexity index is 1180. The van der Waals surface area contributed by atoms with Crippen LogP contribution in [0.15, 0.2) is 73.2 Å². The van der Waals surface area contributed by atoms with Crippen LogP contribution >= 0.6 is 0 Å². The molecule has 5 nitrogen and oxygen atoms in total. The van der Waals surface area contributed by atoms with E-state index in [0.29, 0.717) is 18.7 Å². The third-order valence-corrected chi connectivity index (χ3v) is 5.25. The van der Waals surface area contributed by atoms with Crippen LogP contribution in [0.4, 0.5) is 4.39 Å². The Morgan fingerprint density at radius 1 is 0.968 bits per heavy atom. The summed E-state index contributed by atoms with van der Waals surface area (Å²) in [5.41, 5.74) is 4.59. The normalized spacial score (nSPS) is 11.2. The Balaban J connectivity index is 1.59. The van der Waals surface area contributed by atoms with E-state index in [0.717, 1.165) is 34.1 Å². The highest BCUT2D eigenvalue weighted by atomic mass is 19.1. The molecule has 0 spiro atoms. The molecule has 0 saturated heterocycles. The van der Waals surface area contributed by atoms with Gasteiger partial charge in [0.1, 0.15) is 5.82 Å². The molecule has 4 aromatic rings. The lowest BCUT2D eigenvalue weighted by Gasteiger charge is -2.25. The minimum absolute atomic E-state index is 0.124. The molecular formula is C25H25FN4O. The fourth-order valence-corrected chi connectivity index (χ4v) is 3.53. The van der Waals surface area contributed by atoms with Gasteiger partial charge in [-0.3, -0.25) is 9.78 Å². The van der Waals surface area contributed by atoms with Crippen molar-refractivity contribution in [2.24, 2.45) is 0 Å². The van der Waals surface area contributed by atoms with Gasteiger partial charge in [-0.05, 0) is 79.1 Å². The van der Waals surface area contributed by atoms with E-state index in [-0.39, 0.29) is 11.7 Å². The summed E-state index contributed by atoms with van der Waals surface area (Å²) in [5, 5.41) is 1.14. The molecule has 0 atom stereocenters. The number of rotatable bonds is 7. The van der Waals surface area contributed by atoms with Crippen LogP contribution in [0.25, 0.3) is 22.0 Å². The summed E-state index contributed by atoms with van der Waals surface area (Å²) in [5.74, 6) is -0.478. The Morgan fingerprint density at radius 2 is 1.77 bits per heavy atom. The van der Waals surface area contributed by atoms with Crippen LogP contribution in [0.3, 0.4) is 0 Å². The predicted molar refractivity (Wildman–Crippen MR) is 121 cm³/mol. The zero-order valence-electron chi connectivity index (χ0n) is 17.7. The lowest BCUT2D eigenvalue weighted by atomic mass is 10.0. The third kappa shape index (κ3) is 4.98. The lowest BCUT2D eigenvalue weighted by molar-refractivity contribution is 0.0732.